The van der Waals surface area contributed by atoms with Crippen molar-refractivity contribution in [3.05, 3.63) is 64.2 Å². The minimum Gasteiger partial charge on any atom is -0.474 e. The summed E-state index contributed by atoms with van der Waals surface area (Å²) in [6, 6.07) is 12.9. The number of nitro benzene ring substituents is 1. The molecule has 1 unspecified atom stereocenters. The molecule has 0 heterocycles. The Balaban J connectivity index is 1.72. The highest BCUT2D eigenvalue weighted by atomic mass is 16.6. The van der Waals surface area contributed by atoms with Gasteiger partial charge in [0.1, 0.15) is 0 Å². The molecule has 8 nitrogen and oxygen atoms in total. The van der Waals surface area contributed by atoms with E-state index >= 15 is 0 Å². The van der Waals surface area contributed by atoms with Crippen LogP contribution in [0.2, 0.25) is 0 Å². The van der Waals surface area contributed by atoms with Crippen molar-refractivity contribution in [3.63, 3.8) is 0 Å². The summed E-state index contributed by atoms with van der Waals surface area (Å²) in [5.74, 6) is -0.634. The monoisotopic (exact) mass is 425 g/mol. The van der Waals surface area contributed by atoms with Crippen LogP contribution in [0.1, 0.15) is 49.4 Å². The van der Waals surface area contributed by atoms with Crippen LogP contribution in [0, 0.1) is 10.1 Å². The van der Waals surface area contributed by atoms with E-state index < -0.39 is 16.9 Å². The Labute approximate surface area is 181 Å². The van der Waals surface area contributed by atoms with Crippen LogP contribution < -0.4 is 10.1 Å². The molecule has 2 aromatic rings. The second-order valence-electron chi connectivity index (χ2n) is 7.73. The summed E-state index contributed by atoms with van der Waals surface area (Å²) in [6.45, 7) is 1.50. The normalized spacial score (nSPS) is 15.0. The number of amides is 2. The van der Waals surface area contributed by atoms with Crippen molar-refractivity contribution in [3.8, 4) is 5.75 Å². The Morgan fingerprint density at radius 1 is 1.10 bits per heavy atom. The summed E-state index contributed by atoms with van der Waals surface area (Å²) in [5, 5.41) is 13.9. The molecule has 31 heavy (non-hydrogen) atoms. The molecular formula is C23H27N3O5. The third-order valence-electron chi connectivity index (χ3n) is 5.59. The van der Waals surface area contributed by atoms with Gasteiger partial charge in [0.15, 0.2) is 11.9 Å². The molecular weight excluding hydrogens is 398 g/mol. The summed E-state index contributed by atoms with van der Waals surface area (Å²) in [5.41, 5.74) is 0.576. The van der Waals surface area contributed by atoms with Gasteiger partial charge in [-0.2, -0.15) is 0 Å². The molecule has 0 bridgehead atoms. The second-order valence-corrected chi connectivity index (χ2v) is 7.73. The molecule has 8 heteroatoms. The number of nitro groups is 1. The summed E-state index contributed by atoms with van der Waals surface area (Å²) >= 11 is 0. The number of rotatable bonds is 7. The van der Waals surface area contributed by atoms with Crippen LogP contribution in [0.4, 0.5) is 11.4 Å². The van der Waals surface area contributed by atoms with Gasteiger partial charge in [-0.15, -0.1) is 0 Å². The third-order valence-corrected chi connectivity index (χ3v) is 5.59. The second kappa shape index (κ2) is 10.1. The van der Waals surface area contributed by atoms with Gasteiger partial charge in [0.25, 0.3) is 11.8 Å². The Hall–Kier alpha value is -3.42. The minimum absolute atomic E-state index is 0.0107. The summed E-state index contributed by atoms with van der Waals surface area (Å²) in [4.78, 5) is 38.2. The molecule has 0 spiro atoms. The van der Waals surface area contributed by atoms with Gasteiger partial charge < -0.3 is 15.0 Å². The van der Waals surface area contributed by atoms with Gasteiger partial charge in [-0.25, -0.2) is 0 Å². The molecule has 2 aromatic carbocycles. The van der Waals surface area contributed by atoms with E-state index in [4.69, 9.17) is 4.74 Å². The molecule has 2 amide bonds. The zero-order chi connectivity index (χ0) is 22.4. The average Bonchev–Trinajstić information content (AvgIpc) is 2.79. The average molecular weight is 425 g/mol. The predicted molar refractivity (Wildman–Crippen MR) is 117 cm³/mol. The van der Waals surface area contributed by atoms with E-state index in [1.165, 1.54) is 31.5 Å². The van der Waals surface area contributed by atoms with E-state index in [2.05, 4.69) is 5.32 Å². The quantitative estimate of drug-likeness (QED) is 0.523. The highest BCUT2D eigenvalue weighted by Crippen LogP contribution is 2.28. The van der Waals surface area contributed by atoms with Gasteiger partial charge in [0, 0.05) is 19.2 Å². The van der Waals surface area contributed by atoms with Crippen molar-refractivity contribution >= 4 is 23.2 Å². The third kappa shape index (κ3) is 5.39. The van der Waals surface area contributed by atoms with Crippen LogP contribution >= 0.6 is 0 Å². The van der Waals surface area contributed by atoms with Gasteiger partial charge in [-0.1, -0.05) is 43.5 Å². The molecule has 0 aromatic heterocycles. The largest absolute Gasteiger partial charge is 0.474 e. The number of carbonyl (C=O) groups excluding carboxylic acids is 2. The number of nitrogens with one attached hydrogen (secondary N) is 1. The fraction of sp³-hybridized carbons (Fsp3) is 0.391. The highest BCUT2D eigenvalue weighted by Gasteiger charge is 2.26. The Morgan fingerprint density at radius 2 is 1.74 bits per heavy atom. The van der Waals surface area contributed by atoms with E-state index in [1.807, 2.05) is 0 Å². The van der Waals surface area contributed by atoms with Crippen molar-refractivity contribution in [2.45, 2.75) is 51.2 Å². The highest BCUT2D eigenvalue weighted by molar-refractivity contribution is 6.04. The lowest BCUT2D eigenvalue weighted by Crippen LogP contribution is -2.39. The molecule has 164 valence electrons. The number of carbonyl (C=O) groups is 2. The van der Waals surface area contributed by atoms with Crippen LogP contribution in [0.15, 0.2) is 48.5 Å². The van der Waals surface area contributed by atoms with Crippen LogP contribution in [0.25, 0.3) is 0 Å². The van der Waals surface area contributed by atoms with E-state index in [9.17, 15) is 19.7 Å². The number of ether oxygens (including phenoxy) is 1. The number of para-hydroxylation sites is 3. The van der Waals surface area contributed by atoms with Crippen molar-refractivity contribution in [2.24, 2.45) is 0 Å². The van der Waals surface area contributed by atoms with Crippen molar-refractivity contribution in [2.75, 3.05) is 12.4 Å². The van der Waals surface area contributed by atoms with Gasteiger partial charge in [-0.3, -0.25) is 19.7 Å². The standard InChI is InChI=1S/C23H27N3O5/c1-16(31-21-15-9-8-14-20(21)26(29)30)22(27)24-19-13-7-6-12-18(19)23(28)25(2)17-10-4-3-5-11-17/h6-9,12-17H,3-5,10-11H2,1-2H3,(H,24,27). The van der Waals surface area contributed by atoms with Crippen molar-refractivity contribution in [1.29, 1.82) is 0 Å². The molecule has 3 rings (SSSR count). The summed E-state index contributed by atoms with van der Waals surface area (Å²) in [7, 11) is 1.80. The number of benzene rings is 2. The minimum atomic E-state index is -1.000. The maximum absolute atomic E-state index is 13.1. The van der Waals surface area contributed by atoms with Crippen LogP contribution in [0.3, 0.4) is 0 Å². The maximum atomic E-state index is 13.1. The zero-order valence-corrected chi connectivity index (χ0v) is 17.7. The first kappa shape index (κ1) is 22.3. The lowest BCUT2D eigenvalue weighted by atomic mass is 9.94. The van der Waals surface area contributed by atoms with Crippen LogP contribution in [-0.4, -0.2) is 40.8 Å². The Bertz CT molecular complexity index is 956. The van der Waals surface area contributed by atoms with E-state index in [0.29, 0.717) is 11.3 Å². The number of nitrogens with zero attached hydrogens (tertiary/aromatic N) is 2. The molecule has 0 radical (unpaired) electrons. The van der Waals surface area contributed by atoms with Gasteiger partial charge in [0.05, 0.1) is 16.2 Å². The van der Waals surface area contributed by atoms with Crippen LogP contribution in [-0.2, 0) is 4.79 Å². The lowest BCUT2D eigenvalue weighted by molar-refractivity contribution is -0.386. The molecule has 1 aliphatic rings. The first-order valence-electron chi connectivity index (χ1n) is 10.5. The topological polar surface area (TPSA) is 102 Å². The molecule has 1 aliphatic carbocycles. The number of anilines is 1. The Morgan fingerprint density at radius 3 is 2.45 bits per heavy atom. The first-order valence-corrected chi connectivity index (χ1v) is 10.5. The summed E-state index contributed by atoms with van der Waals surface area (Å²) in [6.07, 6.45) is 4.39. The fourth-order valence-corrected chi connectivity index (χ4v) is 3.79. The van der Waals surface area contributed by atoms with Gasteiger partial charge in [0.2, 0.25) is 0 Å². The summed E-state index contributed by atoms with van der Waals surface area (Å²) < 4.78 is 5.53. The molecule has 1 saturated carbocycles. The lowest BCUT2D eigenvalue weighted by Gasteiger charge is -2.31. The van der Waals surface area contributed by atoms with Gasteiger partial charge in [-0.05, 0) is 38.0 Å². The first-order chi connectivity index (χ1) is 14.9. The van der Waals surface area contributed by atoms with E-state index in [0.717, 1.165) is 25.7 Å². The zero-order valence-electron chi connectivity index (χ0n) is 17.7. The molecule has 0 aliphatic heterocycles. The number of hydrogen-bond acceptors (Lipinski definition) is 5. The fourth-order valence-electron chi connectivity index (χ4n) is 3.79. The molecule has 1 fully saturated rings. The predicted octanol–water partition coefficient (Wildman–Crippen LogP) is 4.41. The van der Waals surface area contributed by atoms with E-state index in [-0.39, 0.29) is 23.4 Å². The molecule has 1 atom stereocenters. The van der Waals surface area contributed by atoms with Crippen molar-refractivity contribution in [1.82, 2.24) is 4.90 Å². The van der Waals surface area contributed by atoms with Crippen LogP contribution in [0.5, 0.6) is 5.75 Å². The van der Waals surface area contributed by atoms with Crippen molar-refractivity contribution < 1.29 is 19.2 Å². The maximum Gasteiger partial charge on any atom is 0.310 e. The molecule has 0 saturated heterocycles. The number of hydrogen-bond donors (Lipinski definition) is 1. The van der Waals surface area contributed by atoms with Gasteiger partial charge >= 0.3 is 5.69 Å². The Kier molecular flexibility index (Phi) is 7.23. The molecule has 1 N–H and O–H groups in total. The smallest absolute Gasteiger partial charge is 0.310 e. The van der Waals surface area contributed by atoms with E-state index in [1.54, 1.807) is 42.3 Å². The SMILES string of the molecule is CC(Oc1ccccc1[N+](=O)[O-])C(=O)Nc1ccccc1C(=O)N(C)C1CCCCC1.